The molecule has 0 saturated carbocycles. The highest BCUT2D eigenvalue weighted by Gasteiger charge is 2.36. The van der Waals surface area contributed by atoms with E-state index >= 15 is 0 Å². The average molecular weight is 345 g/mol. The molecule has 0 radical (unpaired) electrons. The largest absolute Gasteiger partial charge is 0.494 e. The minimum absolute atomic E-state index is 0.0846. The summed E-state index contributed by atoms with van der Waals surface area (Å²) in [6.45, 7) is 8.13. The third-order valence-electron chi connectivity index (χ3n) is 4.45. The number of benzene rings is 2. The molecule has 1 aliphatic rings. The van der Waals surface area contributed by atoms with Gasteiger partial charge in [0.05, 0.1) is 17.2 Å². The fraction of sp³-hybridized carbons (Fsp3) is 0.368. The molecule has 0 amide bonds. The Bertz CT molecular complexity index is 874. The van der Waals surface area contributed by atoms with Gasteiger partial charge >= 0.3 is 0 Å². The molecule has 1 heterocycles. The lowest BCUT2D eigenvalue weighted by atomic mass is 10.1. The molecule has 24 heavy (non-hydrogen) atoms. The van der Waals surface area contributed by atoms with Crippen LogP contribution in [0.3, 0.4) is 0 Å². The van der Waals surface area contributed by atoms with Crippen LogP contribution in [0.2, 0.25) is 0 Å². The Morgan fingerprint density at radius 1 is 1.17 bits per heavy atom. The Balaban J connectivity index is 2.11. The molecule has 0 bridgehead atoms. The first-order valence-electron chi connectivity index (χ1n) is 8.22. The Kier molecular flexibility index (Phi) is 4.30. The summed E-state index contributed by atoms with van der Waals surface area (Å²) < 4.78 is 33.8. The van der Waals surface area contributed by atoms with Crippen molar-refractivity contribution in [1.29, 1.82) is 0 Å². The van der Waals surface area contributed by atoms with Crippen molar-refractivity contribution in [3.63, 3.8) is 0 Å². The van der Waals surface area contributed by atoms with Gasteiger partial charge in [0.1, 0.15) is 5.75 Å². The molecule has 5 heteroatoms. The molecule has 3 rings (SSSR count). The third-order valence-corrected chi connectivity index (χ3v) is 6.52. The second-order valence-corrected chi connectivity index (χ2v) is 8.08. The van der Waals surface area contributed by atoms with E-state index < -0.39 is 10.0 Å². The van der Waals surface area contributed by atoms with Crippen molar-refractivity contribution in [2.45, 2.75) is 45.1 Å². The first-order chi connectivity index (χ1) is 11.4. The summed E-state index contributed by atoms with van der Waals surface area (Å²) in [7, 11) is -3.61. The monoisotopic (exact) mass is 345 g/mol. The van der Waals surface area contributed by atoms with Gasteiger partial charge in [-0.3, -0.25) is 4.31 Å². The minimum atomic E-state index is -3.61. The number of ether oxygens (including phenoxy) is 1. The molecule has 0 saturated heterocycles. The predicted molar refractivity (Wildman–Crippen MR) is 96.4 cm³/mol. The third kappa shape index (κ3) is 2.67. The van der Waals surface area contributed by atoms with Crippen LogP contribution in [0, 0.1) is 13.8 Å². The van der Waals surface area contributed by atoms with Crippen LogP contribution in [-0.2, 0) is 16.4 Å². The second-order valence-electron chi connectivity index (χ2n) is 6.30. The number of nitrogens with zero attached hydrogens (tertiary/aromatic N) is 1. The first kappa shape index (κ1) is 16.8. The van der Waals surface area contributed by atoms with Crippen molar-refractivity contribution >= 4 is 15.7 Å². The number of sulfonamides is 1. The van der Waals surface area contributed by atoms with Crippen LogP contribution in [0.1, 0.15) is 30.5 Å². The maximum absolute atomic E-state index is 13.3. The van der Waals surface area contributed by atoms with Crippen molar-refractivity contribution in [2.24, 2.45) is 0 Å². The standard InChI is InChI=1S/C19H23NO3S/c1-5-23-18-10-14(3)19(11-13(18)2)24(21,22)20-15(4)12-16-8-6-7-9-17(16)20/h6-11,15H,5,12H2,1-4H3. The van der Waals surface area contributed by atoms with Gasteiger partial charge in [0.25, 0.3) is 10.0 Å². The zero-order chi connectivity index (χ0) is 17.5. The second kappa shape index (κ2) is 6.13. The minimum Gasteiger partial charge on any atom is -0.494 e. The van der Waals surface area contributed by atoms with E-state index in [4.69, 9.17) is 4.74 Å². The molecule has 0 fully saturated rings. The highest BCUT2D eigenvalue weighted by Crippen LogP contribution is 2.38. The smallest absolute Gasteiger partial charge is 0.264 e. The summed E-state index contributed by atoms with van der Waals surface area (Å²) in [5, 5.41) is 0. The van der Waals surface area contributed by atoms with Gasteiger partial charge in [-0.2, -0.15) is 0 Å². The number of aryl methyl sites for hydroxylation is 2. The quantitative estimate of drug-likeness (QED) is 0.846. The maximum atomic E-state index is 13.3. The molecule has 0 spiro atoms. The van der Waals surface area contributed by atoms with Crippen molar-refractivity contribution in [3.8, 4) is 5.75 Å². The lowest BCUT2D eigenvalue weighted by molar-refractivity contribution is 0.337. The highest BCUT2D eigenvalue weighted by molar-refractivity contribution is 7.93. The number of fused-ring (bicyclic) bond motifs is 1. The van der Waals surface area contributed by atoms with E-state index in [1.807, 2.05) is 58.0 Å². The first-order valence-corrected chi connectivity index (χ1v) is 9.66. The lowest BCUT2D eigenvalue weighted by Crippen LogP contribution is -2.36. The molecular formula is C19H23NO3S. The number of para-hydroxylation sites is 1. The summed E-state index contributed by atoms with van der Waals surface area (Å²) in [5.74, 6) is 0.740. The molecule has 2 aromatic rings. The van der Waals surface area contributed by atoms with Crippen LogP contribution in [0.5, 0.6) is 5.75 Å². The van der Waals surface area contributed by atoms with Crippen LogP contribution < -0.4 is 9.04 Å². The van der Waals surface area contributed by atoms with Crippen molar-refractivity contribution < 1.29 is 13.2 Å². The molecule has 1 atom stereocenters. The van der Waals surface area contributed by atoms with E-state index in [9.17, 15) is 8.42 Å². The summed E-state index contributed by atoms with van der Waals surface area (Å²) >= 11 is 0. The molecule has 1 aliphatic heterocycles. The topological polar surface area (TPSA) is 46.6 Å². The number of hydrogen-bond acceptors (Lipinski definition) is 3. The van der Waals surface area contributed by atoms with Gasteiger partial charge in [0.15, 0.2) is 0 Å². The van der Waals surface area contributed by atoms with Crippen LogP contribution in [0.15, 0.2) is 41.3 Å². The van der Waals surface area contributed by atoms with Crippen LogP contribution in [-0.4, -0.2) is 21.1 Å². The zero-order valence-electron chi connectivity index (χ0n) is 14.5. The summed E-state index contributed by atoms with van der Waals surface area (Å²) in [4.78, 5) is 0.354. The van der Waals surface area contributed by atoms with Crippen LogP contribution in [0.4, 0.5) is 5.69 Å². The van der Waals surface area contributed by atoms with E-state index in [0.29, 0.717) is 17.1 Å². The normalized spacial score (nSPS) is 17.0. The zero-order valence-corrected chi connectivity index (χ0v) is 15.4. The molecule has 4 nitrogen and oxygen atoms in total. The van der Waals surface area contributed by atoms with E-state index in [0.717, 1.165) is 29.0 Å². The van der Waals surface area contributed by atoms with Gasteiger partial charge < -0.3 is 4.74 Å². The van der Waals surface area contributed by atoms with E-state index in [1.165, 1.54) is 0 Å². The molecule has 0 N–H and O–H groups in total. The average Bonchev–Trinajstić information content (AvgIpc) is 2.87. The Morgan fingerprint density at radius 2 is 1.88 bits per heavy atom. The number of rotatable bonds is 4. The van der Waals surface area contributed by atoms with Crippen molar-refractivity contribution in [2.75, 3.05) is 10.9 Å². The molecule has 128 valence electrons. The van der Waals surface area contributed by atoms with Crippen molar-refractivity contribution in [3.05, 3.63) is 53.1 Å². The lowest BCUT2D eigenvalue weighted by Gasteiger charge is -2.26. The highest BCUT2D eigenvalue weighted by atomic mass is 32.2. The Morgan fingerprint density at radius 3 is 2.58 bits per heavy atom. The van der Waals surface area contributed by atoms with E-state index in [-0.39, 0.29) is 6.04 Å². The Labute approximate surface area is 144 Å². The van der Waals surface area contributed by atoms with Gasteiger partial charge in [-0.05, 0) is 69.0 Å². The fourth-order valence-electron chi connectivity index (χ4n) is 3.36. The van der Waals surface area contributed by atoms with Gasteiger partial charge in [0, 0.05) is 6.04 Å². The Hall–Kier alpha value is -2.01. The summed E-state index contributed by atoms with van der Waals surface area (Å²) in [5.41, 5.74) is 3.41. The van der Waals surface area contributed by atoms with E-state index in [1.54, 1.807) is 10.4 Å². The number of hydrogen-bond donors (Lipinski definition) is 0. The molecular weight excluding hydrogens is 322 g/mol. The summed E-state index contributed by atoms with van der Waals surface area (Å²) in [6, 6.07) is 11.2. The van der Waals surface area contributed by atoms with Gasteiger partial charge in [-0.25, -0.2) is 8.42 Å². The molecule has 1 unspecified atom stereocenters. The van der Waals surface area contributed by atoms with Crippen LogP contribution >= 0.6 is 0 Å². The fourth-order valence-corrected chi connectivity index (χ4v) is 5.35. The molecule has 0 aliphatic carbocycles. The van der Waals surface area contributed by atoms with Gasteiger partial charge in [-0.1, -0.05) is 18.2 Å². The SMILES string of the molecule is CCOc1cc(C)c(S(=O)(=O)N2c3ccccc3CC2C)cc1C. The maximum Gasteiger partial charge on any atom is 0.264 e. The van der Waals surface area contributed by atoms with E-state index in [2.05, 4.69) is 0 Å². The van der Waals surface area contributed by atoms with Crippen molar-refractivity contribution in [1.82, 2.24) is 0 Å². The van der Waals surface area contributed by atoms with Gasteiger partial charge in [-0.15, -0.1) is 0 Å². The molecule has 2 aromatic carbocycles. The predicted octanol–water partition coefficient (Wildman–Crippen LogP) is 3.84. The number of anilines is 1. The summed E-state index contributed by atoms with van der Waals surface area (Å²) in [6.07, 6.45) is 0.741. The molecule has 0 aromatic heterocycles. The van der Waals surface area contributed by atoms with Gasteiger partial charge in [0.2, 0.25) is 0 Å². The van der Waals surface area contributed by atoms with Crippen LogP contribution in [0.25, 0.3) is 0 Å².